The molecule has 2 aliphatic carbocycles. The molecule has 1 amide bonds. The Kier molecular flexibility index (Phi) is 4.29. The van der Waals surface area contributed by atoms with E-state index in [2.05, 4.69) is 6.07 Å². The van der Waals surface area contributed by atoms with Crippen molar-refractivity contribution in [1.29, 1.82) is 5.26 Å². The molecule has 4 rings (SSSR count). The maximum Gasteiger partial charge on any atom is 0.254 e. The Morgan fingerprint density at radius 2 is 1.84 bits per heavy atom. The molecule has 2 saturated carbocycles. The molecule has 132 valence electrons. The third-order valence-corrected chi connectivity index (χ3v) is 6.48. The van der Waals surface area contributed by atoms with Crippen LogP contribution in [0.25, 0.3) is 0 Å². The Labute approximate surface area is 149 Å². The zero-order chi connectivity index (χ0) is 17.4. The zero-order valence-corrected chi connectivity index (χ0v) is 14.7. The summed E-state index contributed by atoms with van der Waals surface area (Å²) in [5.74, 6) is 0.307. The van der Waals surface area contributed by atoms with Crippen molar-refractivity contribution in [2.45, 2.75) is 68.9 Å². The van der Waals surface area contributed by atoms with Crippen LogP contribution in [0.2, 0.25) is 0 Å². The van der Waals surface area contributed by atoms with E-state index in [1.807, 2.05) is 29.2 Å². The maximum absolute atomic E-state index is 13.0. The fourth-order valence-corrected chi connectivity index (χ4v) is 4.77. The van der Waals surface area contributed by atoms with Gasteiger partial charge in [-0.15, -0.1) is 0 Å². The molecule has 3 unspecified atom stereocenters. The van der Waals surface area contributed by atoms with E-state index >= 15 is 0 Å². The minimum Gasteiger partial charge on any atom is -0.393 e. The first-order chi connectivity index (χ1) is 12.1. The van der Waals surface area contributed by atoms with Gasteiger partial charge < -0.3 is 10.0 Å². The Balaban J connectivity index is 1.50. The van der Waals surface area contributed by atoms with Gasteiger partial charge in [0.25, 0.3) is 5.91 Å². The monoisotopic (exact) mass is 338 g/mol. The molecule has 1 aliphatic heterocycles. The highest BCUT2D eigenvalue weighted by Gasteiger charge is 2.45. The molecular formula is C21H26N2O2. The van der Waals surface area contributed by atoms with Gasteiger partial charge in [0.1, 0.15) is 0 Å². The summed E-state index contributed by atoms with van der Waals surface area (Å²) < 4.78 is 0. The van der Waals surface area contributed by atoms with E-state index in [-0.39, 0.29) is 29.4 Å². The normalized spacial score (nSPS) is 30.7. The van der Waals surface area contributed by atoms with Crippen molar-refractivity contribution in [3.8, 4) is 6.07 Å². The average Bonchev–Trinajstić information content (AvgIpc) is 3.31. The van der Waals surface area contributed by atoms with Crippen LogP contribution in [0, 0.1) is 17.2 Å². The lowest BCUT2D eigenvalue weighted by molar-refractivity contribution is 0.0211. The number of likely N-dealkylation sites (tertiary alicyclic amines) is 1. The summed E-state index contributed by atoms with van der Waals surface area (Å²) in [7, 11) is 0. The standard InChI is InChI=1S/C21H26N2O2/c22-14-21(11-12-21)16-9-7-15(8-10-16)20(25)23-13-3-5-18(23)17-4-1-2-6-19(17)24/h7-10,17-19,24H,1-6,11-13H2. The summed E-state index contributed by atoms with van der Waals surface area (Å²) in [5.41, 5.74) is 1.44. The zero-order valence-electron chi connectivity index (χ0n) is 14.7. The molecule has 1 aromatic rings. The highest BCUT2D eigenvalue weighted by atomic mass is 16.3. The molecule has 0 aromatic heterocycles. The Bertz CT molecular complexity index is 687. The lowest BCUT2D eigenvalue weighted by Gasteiger charge is -2.37. The number of nitriles is 1. The van der Waals surface area contributed by atoms with Crippen molar-refractivity contribution in [1.82, 2.24) is 4.90 Å². The lowest BCUT2D eigenvalue weighted by atomic mass is 9.80. The maximum atomic E-state index is 13.0. The average molecular weight is 338 g/mol. The van der Waals surface area contributed by atoms with E-state index in [0.29, 0.717) is 5.56 Å². The van der Waals surface area contributed by atoms with Gasteiger partial charge >= 0.3 is 0 Å². The van der Waals surface area contributed by atoms with Gasteiger partial charge in [0.2, 0.25) is 0 Å². The molecule has 1 heterocycles. The predicted molar refractivity (Wildman–Crippen MR) is 95.0 cm³/mol. The van der Waals surface area contributed by atoms with Crippen molar-refractivity contribution in [3.05, 3.63) is 35.4 Å². The fraction of sp³-hybridized carbons (Fsp3) is 0.619. The number of carbonyl (C=O) groups is 1. The topological polar surface area (TPSA) is 64.3 Å². The summed E-state index contributed by atoms with van der Waals surface area (Å²) in [6, 6.07) is 10.2. The molecule has 3 aliphatic rings. The number of hydrogen-bond donors (Lipinski definition) is 1. The van der Waals surface area contributed by atoms with Crippen molar-refractivity contribution in [2.24, 2.45) is 5.92 Å². The van der Waals surface area contributed by atoms with E-state index < -0.39 is 0 Å². The van der Waals surface area contributed by atoms with Crippen LogP contribution >= 0.6 is 0 Å². The van der Waals surface area contributed by atoms with Crippen LogP contribution in [0.5, 0.6) is 0 Å². The number of aliphatic hydroxyl groups excluding tert-OH is 1. The number of carbonyl (C=O) groups excluding carboxylic acids is 1. The number of nitrogens with zero attached hydrogens (tertiary/aromatic N) is 2. The summed E-state index contributed by atoms with van der Waals surface area (Å²) in [6.07, 6.45) is 7.76. The van der Waals surface area contributed by atoms with Crippen molar-refractivity contribution < 1.29 is 9.90 Å². The van der Waals surface area contributed by atoms with Gasteiger partial charge in [0.15, 0.2) is 0 Å². The number of hydrogen-bond acceptors (Lipinski definition) is 3. The number of amides is 1. The number of aliphatic hydroxyl groups is 1. The van der Waals surface area contributed by atoms with Gasteiger partial charge in [-0.25, -0.2) is 0 Å². The van der Waals surface area contributed by atoms with Gasteiger partial charge in [0, 0.05) is 24.1 Å². The van der Waals surface area contributed by atoms with Crippen LogP contribution in [0.3, 0.4) is 0 Å². The molecule has 0 bridgehead atoms. The molecule has 0 spiro atoms. The van der Waals surface area contributed by atoms with Crippen LogP contribution < -0.4 is 0 Å². The van der Waals surface area contributed by atoms with E-state index in [0.717, 1.165) is 63.5 Å². The first-order valence-electron chi connectivity index (χ1n) is 9.65. The molecular weight excluding hydrogens is 312 g/mol. The molecule has 0 radical (unpaired) electrons. The van der Waals surface area contributed by atoms with Gasteiger partial charge in [-0.3, -0.25) is 4.79 Å². The van der Waals surface area contributed by atoms with Crippen LogP contribution in [0.4, 0.5) is 0 Å². The first kappa shape index (κ1) is 16.6. The molecule has 3 fully saturated rings. The third kappa shape index (κ3) is 2.95. The second-order valence-corrected chi connectivity index (χ2v) is 8.00. The second-order valence-electron chi connectivity index (χ2n) is 8.00. The highest BCUT2D eigenvalue weighted by Crippen LogP contribution is 2.47. The van der Waals surface area contributed by atoms with Gasteiger partial charge in [-0.2, -0.15) is 5.26 Å². The van der Waals surface area contributed by atoms with E-state index in [9.17, 15) is 15.2 Å². The fourth-order valence-electron chi connectivity index (χ4n) is 4.77. The van der Waals surface area contributed by atoms with Crippen molar-refractivity contribution in [2.75, 3.05) is 6.54 Å². The van der Waals surface area contributed by atoms with Crippen molar-refractivity contribution in [3.63, 3.8) is 0 Å². The molecule has 25 heavy (non-hydrogen) atoms. The van der Waals surface area contributed by atoms with Crippen LogP contribution in [0.1, 0.15) is 67.3 Å². The van der Waals surface area contributed by atoms with Crippen LogP contribution in [-0.2, 0) is 5.41 Å². The highest BCUT2D eigenvalue weighted by molar-refractivity contribution is 5.94. The number of benzene rings is 1. The molecule has 4 nitrogen and oxygen atoms in total. The minimum atomic E-state index is -0.302. The smallest absolute Gasteiger partial charge is 0.254 e. The van der Waals surface area contributed by atoms with E-state index in [4.69, 9.17) is 0 Å². The predicted octanol–water partition coefficient (Wildman–Crippen LogP) is 3.40. The minimum absolute atomic E-state index is 0.0774. The second kappa shape index (κ2) is 6.46. The Morgan fingerprint density at radius 3 is 2.48 bits per heavy atom. The molecule has 1 N–H and O–H groups in total. The number of rotatable bonds is 3. The third-order valence-electron chi connectivity index (χ3n) is 6.48. The molecule has 1 aromatic carbocycles. The lowest BCUT2D eigenvalue weighted by Crippen LogP contribution is -2.45. The van der Waals surface area contributed by atoms with Gasteiger partial charge in [0.05, 0.1) is 17.6 Å². The van der Waals surface area contributed by atoms with Crippen molar-refractivity contribution >= 4 is 5.91 Å². The summed E-state index contributed by atoms with van der Waals surface area (Å²) in [4.78, 5) is 15.0. The van der Waals surface area contributed by atoms with E-state index in [1.165, 1.54) is 0 Å². The van der Waals surface area contributed by atoms with Crippen LogP contribution in [-0.4, -0.2) is 34.6 Å². The molecule has 4 heteroatoms. The molecule has 3 atom stereocenters. The SMILES string of the molecule is N#CC1(c2ccc(C(=O)N3CCCC3C3CCCCC3O)cc2)CC1. The van der Waals surface area contributed by atoms with Gasteiger partial charge in [-0.1, -0.05) is 25.0 Å². The quantitative estimate of drug-likeness (QED) is 0.919. The summed E-state index contributed by atoms with van der Waals surface area (Å²) >= 11 is 0. The first-order valence-corrected chi connectivity index (χ1v) is 9.65. The summed E-state index contributed by atoms with van der Waals surface area (Å²) in [5, 5.41) is 19.7. The van der Waals surface area contributed by atoms with Crippen LogP contribution in [0.15, 0.2) is 24.3 Å². The Morgan fingerprint density at radius 1 is 1.12 bits per heavy atom. The largest absolute Gasteiger partial charge is 0.393 e. The van der Waals surface area contributed by atoms with E-state index in [1.54, 1.807) is 0 Å². The van der Waals surface area contributed by atoms with Gasteiger partial charge in [-0.05, 0) is 56.2 Å². The Hall–Kier alpha value is -1.86. The summed E-state index contributed by atoms with van der Waals surface area (Å²) in [6.45, 7) is 0.788. The molecule has 1 saturated heterocycles.